The van der Waals surface area contributed by atoms with E-state index in [9.17, 15) is 24.2 Å². The van der Waals surface area contributed by atoms with E-state index in [4.69, 9.17) is 13.8 Å². The van der Waals surface area contributed by atoms with E-state index in [-0.39, 0.29) is 24.2 Å². The summed E-state index contributed by atoms with van der Waals surface area (Å²) in [6.45, 7) is -0.489. The molecule has 12 nitrogen and oxygen atoms in total. The Bertz CT molecular complexity index is 2110. The van der Waals surface area contributed by atoms with E-state index in [1.54, 1.807) is 0 Å². The smallest absolute Gasteiger partial charge is 0.327 e. The number of phosphoric ester groups is 1. The van der Waals surface area contributed by atoms with Crippen molar-refractivity contribution >= 4 is 51.3 Å². The highest BCUT2D eigenvalue weighted by atomic mass is 31.2. The maximum absolute atomic E-state index is 12.4. The van der Waals surface area contributed by atoms with Gasteiger partial charge in [0, 0.05) is 6.42 Å². The normalized spacial score (nSPS) is 20.6. The van der Waals surface area contributed by atoms with Gasteiger partial charge in [-0.3, -0.25) is 23.9 Å². The summed E-state index contributed by atoms with van der Waals surface area (Å²) in [7, 11) is -4.65. The van der Waals surface area contributed by atoms with Crippen LogP contribution in [0.5, 0.6) is 0 Å². The fourth-order valence-electron chi connectivity index (χ4n) is 6.02. The zero-order chi connectivity index (χ0) is 29.7. The minimum atomic E-state index is -4.65. The summed E-state index contributed by atoms with van der Waals surface area (Å²) in [5, 5.41) is 17.8. The molecule has 0 saturated carbocycles. The maximum atomic E-state index is 12.4. The Hall–Kier alpha value is -3.90. The Morgan fingerprint density at radius 3 is 2.56 bits per heavy atom. The second-order valence-electron chi connectivity index (χ2n) is 10.8. The number of aliphatic hydroxyl groups excluding tert-OH is 1. The lowest BCUT2D eigenvalue weighted by molar-refractivity contribution is -0.228. The molecule has 0 aliphatic carbocycles. The number of phosphoric acid groups is 1. The van der Waals surface area contributed by atoms with Crippen molar-refractivity contribution in [3.63, 3.8) is 0 Å². The van der Waals surface area contributed by atoms with Crippen LogP contribution in [-0.2, 0) is 24.8 Å². The summed E-state index contributed by atoms with van der Waals surface area (Å²) < 4.78 is 29.7. The number of hydrogen-bond donors (Lipinski definition) is 3. The lowest BCUT2D eigenvalue weighted by Gasteiger charge is -2.25. The van der Waals surface area contributed by atoms with Crippen LogP contribution in [0.3, 0.4) is 0 Å². The lowest BCUT2D eigenvalue weighted by atomic mass is 9.91. The van der Waals surface area contributed by atoms with Gasteiger partial charge in [-0.05, 0) is 57.1 Å². The second-order valence-corrected chi connectivity index (χ2v) is 12.2. The third kappa shape index (κ3) is 5.27. The summed E-state index contributed by atoms with van der Waals surface area (Å²) >= 11 is 0. The highest BCUT2D eigenvalue weighted by molar-refractivity contribution is 7.45. The van der Waals surface area contributed by atoms with E-state index in [0.29, 0.717) is 6.42 Å². The molecular weight excluding hydrogens is 575 g/mol. The topological polar surface area (TPSA) is 172 Å². The maximum Gasteiger partial charge on any atom is 0.327 e. The molecule has 1 saturated heterocycles. The van der Waals surface area contributed by atoms with E-state index in [1.165, 1.54) is 48.8 Å². The molecule has 43 heavy (non-hydrogen) atoms. The van der Waals surface area contributed by atoms with Crippen LogP contribution in [0.25, 0.3) is 43.5 Å². The largest absolute Gasteiger partial charge is 0.756 e. The number of benzene rings is 4. The molecule has 4 atom stereocenters. The van der Waals surface area contributed by atoms with Crippen LogP contribution in [0.15, 0.2) is 70.5 Å². The fourth-order valence-corrected chi connectivity index (χ4v) is 6.77. The number of nitrogens with zero attached hydrogens (tertiary/aromatic N) is 2. The number of rotatable bonds is 10. The minimum absolute atomic E-state index is 0.00834. The molecule has 6 aromatic rings. The van der Waals surface area contributed by atoms with E-state index in [0.717, 1.165) is 12.8 Å². The Morgan fingerprint density at radius 1 is 1.00 bits per heavy atom. The van der Waals surface area contributed by atoms with Gasteiger partial charge in [0.05, 0.1) is 25.6 Å². The Balaban J connectivity index is 0.926. The predicted molar refractivity (Wildman–Crippen MR) is 158 cm³/mol. The number of aromatic amines is 2. The molecular formula is C30H28N4O8P-. The molecule has 2 aromatic heterocycles. The molecule has 222 valence electrons. The molecule has 0 radical (unpaired) electrons. The summed E-state index contributed by atoms with van der Waals surface area (Å²) in [6, 6.07) is 19.2. The predicted octanol–water partition coefficient (Wildman–Crippen LogP) is 3.48. The molecule has 0 amide bonds. The number of unbranched alkanes of at least 4 members (excludes halogenated alkanes) is 1. The molecule has 1 aliphatic rings. The van der Waals surface area contributed by atoms with Gasteiger partial charge < -0.3 is 23.8 Å². The van der Waals surface area contributed by atoms with Gasteiger partial charge in [-0.2, -0.15) is 0 Å². The molecule has 7 rings (SSSR count). The number of imidazole rings is 1. The zero-order valence-corrected chi connectivity index (χ0v) is 23.8. The van der Waals surface area contributed by atoms with E-state index < -0.39 is 44.1 Å². The standard InChI is InChI=1S/C30H29N4O8P/c35-22-14-24(34-16-31-27-28(34)32-30(37)33-29(27)36)42-23(22)15-41-43(38,39)40-13-2-1-4-17-7-8-20-10-9-18-5-3-6-19-11-12-21(17)26(20)25(18)19/h3,5-12,16,22-24,35H,1-2,4,13-15H2,(H,38,39)(H2,32,33,36,37)/p-1/t22?,23-,24-/m1/s1. The SMILES string of the molecule is O=c1[nH]c(=O)c2ncn([C@H]3CC(O)[C@@H](COP(=O)([O-])OCCCCc4ccc5ccc6cccc7ccc4c5c67)O3)c2[nH]1. The Labute approximate surface area is 243 Å². The van der Waals surface area contributed by atoms with Gasteiger partial charge in [0.2, 0.25) is 0 Å². The van der Waals surface area contributed by atoms with E-state index >= 15 is 0 Å². The first-order chi connectivity index (χ1) is 20.8. The van der Waals surface area contributed by atoms with Gasteiger partial charge in [-0.1, -0.05) is 54.6 Å². The second kappa shape index (κ2) is 11.0. The van der Waals surface area contributed by atoms with Crippen LogP contribution in [0.4, 0.5) is 0 Å². The van der Waals surface area contributed by atoms with Crippen LogP contribution in [0.1, 0.15) is 31.1 Å². The summed E-state index contributed by atoms with van der Waals surface area (Å²) in [5.41, 5.74) is -0.0237. The van der Waals surface area contributed by atoms with Crippen molar-refractivity contribution in [1.29, 1.82) is 0 Å². The monoisotopic (exact) mass is 603 g/mol. The number of ether oxygens (including phenoxy) is 1. The van der Waals surface area contributed by atoms with Crippen LogP contribution in [-0.4, -0.2) is 50.0 Å². The zero-order valence-electron chi connectivity index (χ0n) is 22.9. The van der Waals surface area contributed by atoms with Crippen molar-refractivity contribution in [3.8, 4) is 0 Å². The molecule has 3 heterocycles. The molecule has 4 aromatic carbocycles. The fraction of sp³-hybridized carbons (Fsp3) is 0.300. The number of hydrogen-bond acceptors (Lipinski definition) is 9. The molecule has 0 bridgehead atoms. The number of aromatic nitrogens is 4. The van der Waals surface area contributed by atoms with Crippen LogP contribution >= 0.6 is 7.82 Å². The summed E-state index contributed by atoms with van der Waals surface area (Å²) in [6.07, 6.45) is 0.552. The van der Waals surface area contributed by atoms with Crippen molar-refractivity contribution < 1.29 is 28.3 Å². The quantitative estimate of drug-likeness (QED) is 0.120. The van der Waals surface area contributed by atoms with Gasteiger partial charge in [0.25, 0.3) is 13.4 Å². The van der Waals surface area contributed by atoms with Crippen molar-refractivity contribution in [2.75, 3.05) is 13.2 Å². The lowest BCUT2D eigenvalue weighted by Crippen LogP contribution is -2.27. The number of aryl methyl sites for hydroxylation is 1. The van der Waals surface area contributed by atoms with E-state index in [1.807, 2.05) is 0 Å². The minimum Gasteiger partial charge on any atom is -0.756 e. The molecule has 1 aliphatic heterocycles. The van der Waals surface area contributed by atoms with Gasteiger partial charge >= 0.3 is 5.69 Å². The molecule has 0 spiro atoms. The van der Waals surface area contributed by atoms with Gasteiger partial charge in [-0.15, -0.1) is 0 Å². The molecule has 13 heteroatoms. The number of aliphatic hydroxyl groups is 1. The van der Waals surface area contributed by atoms with Gasteiger partial charge in [-0.25, -0.2) is 9.78 Å². The first kappa shape index (κ1) is 27.9. The average Bonchev–Trinajstić information content (AvgIpc) is 3.58. The first-order valence-electron chi connectivity index (χ1n) is 14.1. The third-order valence-electron chi connectivity index (χ3n) is 8.09. The van der Waals surface area contributed by atoms with Crippen molar-refractivity contribution in [3.05, 3.63) is 87.3 Å². The van der Waals surface area contributed by atoms with Crippen molar-refractivity contribution in [1.82, 2.24) is 19.5 Å². The molecule has 2 unspecified atom stereocenters. The number of nitrogens with one attached hydrogen (secondary N) is 2. The van der Waals surface area contributed by atoms with Crippen LogP contribution < -0.4 is 16.1 Å². The number of H-pyrrole nitrogens is 2. The van der Waals surface area contributed by atoms with Gasteiger partial charge in [0.15, 0.2) is 5.52 Å². The van der Waals surface area contributed by atoms with Crippen LogP contribution in [0, 0.1) is 0 Å². The Kier molecular flexibility index (Phi) is 7.13. The third-order valence-corrected chi connectivity index (χ3v) is 9.05. The average molecular weight is 604 g/mol. The van der Waals surface area contributed by atoms with Gasteiger partial charge in [0.1, 0.15) is 18.0 Å². The van der Waals surface area contributed by atoms with Crippen molar-refractivity contribution in [2.45, 2.75) is 44.1 Å². The number of fused-ring (bicyclic) bond motifs is 1. The first-order valence-corrected chi connectivity index (χ1v) is 15.5. The molecule has 3 N–H and O–H groups in total. The van der Waals surface area contributed by atoms with Crippen LogP contribution in [0.2, 0.25) is 0 Å². The van der Waals surface area contributed by atoms with E-state index in [2.05, 4.69) is 69.5 Å². The summed E-state index contributed by atoms with van der Waals surface area (Å²) in [4.78, 5) is 44.6. The highest BCUT2D eigenvalue weighted by Crippen LogP contribution is 2.41. The summed E-state index contributed by atoms with van der Waals surface area (Å²) in [5.74, 6) is 0. The van der Waals surface area contributed by atoms with Crippen molar-refractivity contribution in [2.24, 2.45) is 0 Å². The highest BCUT2D eigenvalue weighted by Gasteiger charge is 2.36. The molecule has 1 fully saturated rings. The Morgan fingerprint density at radius 2 is 1.74 bits per heavy atom.